The van der Waals surface area contributed by atoms with E-state index in [1.165, 1.54) is 0 Å². The standard InChI is InChI=1S/C11H9BrN2OS2/c1-7-4-8(6-16-7)11(15)14-13-5-9-2-3-10(12)17-9/h2-6H,1H3,(H,14,15)/b13-5+. The lowest BCUT2D eigenvalue weighted by atomic mass is 10.3. The second kappa shape index (κ2) is 5.57. The Hall–Kier alpha value is -0.980. The van der Waals surface area contributed by atoms with Crippen LogP contribution in [-0.4, -0.2) is 12.1 Å². The molecule has 0 bridgehead atoms. The Morgan fingerprint density at radius 2 is 2.35 bits per heavy atom. The lowest BCUT2D eigenvalue weighted by Gasteiger charge is -1.94. The van der Waals surface area contributed by atoms with E-state index in [4.69, 9.17) is 0 Å². The zero-order chi connectivity index (χ0) is 12.3. The topological polar surface area (TPSA) is 41.5 Å². The molecular weight excluding hydrogens is 320 g/mol. The van der Waals surface area contributed by atoms with Crippen molar-refractivity contribution in [2.45, 2.75) is 6.92 Å². The molecule has 0 aliphatic carbocycles. The first kappa shape index (κ1) is 12.5. The van der Waals surface area contributed by atoms with Gasteiger partial charge in [-0.25, -0.2) is 5.43 Å². The van der Waals surface area contributed by atoms with Crippen molar-refractivity contribution < 1.29 is 4.79 Å². The first-order valence-electron chi connectivity index (χ1n) is 4.79. The van der Waals surface area contributed by atoms with Gasteiger partial charge in [-0.15, -0.1) is 22.7 Å². The summed E-state index contributed by atoms with van der Waals surface area (Å²) in [6.45, 7) is 1.97. The summed E-state index contributed by atoms with van der Waals surface area (Å²) in [7, 11) is 0. The number of nitrogens with zero attached hydrogens (tertiary/aromatic N) is 1. The molecule has 0 aromatic carbocycles. The van der Waals surface area contributed by atoms with Crippen LogP contribution in [0.4, 0.5) is 0 Å². The summed E-state index contributed by atoms with van der Waals surface area (Å²) in [6.07, 6.45) is 1.63. The molecule has 2 aromatic heterocycles. The van der Waals surface area contributed by atoms with Gasteiger partial charge < -0.3 is 0 Å². The first-order valence-corrected chi connectivity index (χ1v) is 7.28. The van der Waals surface area contributed by atoms with Crippen molar-refractivity contribution >= 4 is 50.7 Å². The minimum Gasteiger partial charge on any atom is -0.267 e. The number of aryl methyl sites for hydroxylation is 1. The quantitative estimate of drug-likeness (QED) is 0.678. The molecule has 6 heteroatoms. The number of carbonyl (C=O) groups excluding carboxylic acids is 1. The van der Waals surface area contributed by atoms with E-state index in [0.717, 1.165) is 13.5 Å². The zero-order valence-electron chi connectivity index (χ0n) is 8.94. The smallest absolute Gasteiger partial charge is 0.267 e. The summed E-state index contributed by atoms with van der Waals surface area (Å²) in [5.74, 6) is -0.179. The third kappa shape index (κ3) is 3.49. The molecule has 2 aromatic rings. The van der Waals surface area contributed by atoms with Gasteiger partial charge in [0.15, 0.2) is 0 Å². The maximum atomic E-state index is 11.6. The summed E-state index contributed by atoms with van der Waals surface area (Å²) in [6, 6.07) is 5.71. The van der Waals surface area contributed by atoms with Gasteiger partial charge in [-0.2, -0.15) is 5.10 Å². The van der Waals surface area contributed by atoms with Crippen molar-refractivity contribution in [3.63, 3.8) is 0 Å². The fourth-order valence-electron chi connectivity index (χ4n) is 1.18. The molecule has 0 aliphatic rings. The van der Waals surface area contributed by atoms with Crippen molar-refractivity contribution in [2.24, 2.45) is 5.10 Å². The van der Waals surface area contributed by atoms with Gasteiger partial charge in [-0.3, -0.25) is 4.79 Å². The molecule has 3 nitrogen and oxygen atoms in total. The van der Waals surface area contributed by atoms with E-state index in [1.807, 2.05) is 30.5 Å². The third-order valence-corrected chi connectivity index (χ3v) is 4.36. The van der Waals surface area contributed by atoms with Crippen LogP contribution in [-0.2, 0) is 0 Å². The molecule has 0 spiro atoms. The maximum Gasteiger partial charge on any atom is 0.272 e. The van der Waals surface area contributed by atoms with Gasteiger partial charge in [-0.1, -0.05) is 0 Å². The van der Waals surface area contributed by atoms with E-state index in [9.17, 15) is 4.79 Å². The van der Waals surface area contributed by atoms with Crippen molar-refractivity contribution in [1.29, 1.82) is 0 Å². The molecule has 0 aliphatic heterocycles. The molecule has 17 heavy (non-hydrogen) atoms. The average Bonchev–Trinajstić information content (AvgIpc) is 2.88. The molecule has 0 unspecified atom stereocenters. The number of thiophene rings is 2. The molecule has 88 valence electrons. The minimum absolute atomic E-state index is 0.179. The van der Waals surface area contributed by atoms with Crippen molar-refractivity contribution in [3.05, 3.63) is 42.7 Å². The molecule has 1 amide bonds. The van der Waals surface area contributed by atoms with Gasteiger partial charge in [0.25, 0.3) is 5.91 Å². The summed E-state index contributed by atoms with van der Waals surface area (Å²) in [5, 5.41) is 5.73. The second-order valence-corrected chi connectivity index (χ2v) is 6.90. The predicted molar refractivity (Wildman–Crippen MR) is 76.1 cm³/mol. The van der Waals surface area contributed by atoms with Crippen LogP contribution in [0.1, 0.15) is 20.1 Å². The first-order chi connectivity index (χ1) is 8.15. The van der Waals surface area contributed by atoms with Gasteiger partial charge in [0.2, 0.25) is 0 Å². The number of rotatable bonds is 3. The van der Waals surface area contributed by atoms with E-state index in [0.29, 0.717) is 5.56 Å². The van der Waals surface area contributed by atoms with Crippen LogP contribution in [0.2, 0.25) is 0 Å². The Kier molecular flexibility index (Phi) is 4.09. The monoisotopic (exact) mass is 328 g/mol. The van der Waals surface area contributed by atoms with Crippen LogP contribution >= 0.6 is 38.6 Å². The lowest BCUT2D eigenvalue weighted by Crippen LogP contribution is -2.16. The van der Waals surface area contributed by atoms with Gasteiger partial charge in [0.1, 0.15) is 0 Å². The highest BCUT2D eigenvalue weighted by atomic mass is 79.9. The number of hydrogen-bond acceptors (Lipinski definition) is 4. The van der Waals surface area contributed by atoms with E-state index >= 15 is 0 Å². The van der Waals surface area contributed by atoms with E-state index in [-0.39, 0.29) is 5.91 Å². The largest absolute Gasteiger partial charge is 0.272 e. The van der Waals surface area contributed by atoms with Crippen LogP contribution < -0.4 is 5.43 Å². The Balaban J connectivity index is 1.94. The van der Waals surface area contributed by atoms with E-state index < -0.39 is 0 Å². The molecule has 0 saturated heterocycles. The molecule has 0 radical (unpaired) electrons. The number of hydrogen-bond donors (Lipinski definition) is 1. The minimum atomic E-state index is -0.179. The molecule has 0 atom stereocenters. The summed E-state index contributed by atoms with van der Waals surface area (Å²) < 4.78 is 1.04. The van der Waals surface area contributed by atoms with Gasteiger partial charge in [-0.05, 0) is 41.1 Å². The summed E-state index contributed by atoms with van der Waals surface area (Å²) in [4.78, 5) is 13.7. The van der Waals surface area contributed by atoms with Gasteiger partial charge >= 0.3 is 0 Å². The fourth-order valence-corrected chi connectivity index (χ4v) is 3.16. The van der Waals surface area contributed by atoms with Crippen LogP contribution in [0.25, 0.3) is 0 Å². The van der Waals surface area contributed by atoms with Crippen LogP contribution in [0.5, 0.6) is 0 Å². The van der Waals surface area contributed by atoms with Gasteiger partial charge in [0, 0.05) is 15.1 Å². The number of amides is 1. The van der Waals surface area contributed by atoms with Crippen molar-refractivity contribution in [2.75, 3.05) is 0 Å². The van der Waals surface area contributed by atoms with Gasteiger partial charge in [0.05, 0.1) is 15.6 Å². The highest BCUT2D eigenvalue weighted by Gasteiger charge is 2.05. The molecule has 0 saturated carbocycles. The lowest BCUT2D eigenvalue weighted by molar-refractivity contribution is 0.0955. The maximum absolute atomic E-state index is 11.6. The molecule has 2 heterocycles. The van der Waals surface area contributed by atoms with Crippen molar-refractivity contribution in [3.8, 4) is 0 Å². The van der Waals surface area contributed by atoms with E-state index in [1.54, 1.807) is 28.9 Å². The highest BCUT2D eigenvalue weighted by Crippen LogP contribution is 2.20. The Morgan fingerprint density at radius 1 is 1.53 bits per heavy atom. The predicted octanol–water partition coefficient (Wildman–Crippen LogP) is 3.64. The normalized spacial score (nSPS) is 10.9. The molecule has 1 N–H and O–H groups in total. The van der Waals surface area contributed by atoms with Crippen molar-refractivity contribution in [1.82, 2.24) is 5.43 Å². The Morgan fingerprint density at radius 3 is 2.94 bits per heavy atom. The summed E-state index contributed by atoms with van der Waals surface area (Å²) >= 11 is 6.47. The molecular formula is C11H9BrN2OS2. The Labute approximate surface area is 115 Å². The molecule has 0 fully saturated rings. The number of hydrazone groups is 1. The second-order valence-electron chi connectivity index (χ2n) is 3.29. The van der Waals surface area contributed by atoms with Crippen LogP contribution in [0.15, 0.2) is 32.5 Å². The van der Waals surface area contributed by atoms with Crippen LogP contribution in [0, 0.1) is 6.92 Å². The Bertz CT molecular complexity index is 559. The number of halogens is 1. The van der Waals surface area contributed by atoms with E-state index in [2.05, 4.69) is 26.5 Å². The SMILES string of the molecule is Cc1cc(C(=O)N/N=C/c2ccc(Br)s2)cs1. The number of carbonyl (C=O) groups is 1. The highest BCUT2D eigenvalue weighted by molar-refractivity contribution is 9.11. The fraction of sp³-hybridized carbons (Fsp3) is 0.0909. The van der Waals surface area contributed by atoms with Crippen LogP contribution in [0.3, 0.4) is 0 Å². The average molecular weight is 329 g/mol. The third-order valence-electron chi connectivity index (χ3n) is 1.94. The molecule has 2 rings (SSSR count). The number of nitrogens with one attached hydrogen (secondary N) is 1. The zero-order valence-corrected chi connectivity index (χ0v) is 12.2. The summed E-state index contributed by atoms with van der Waals surface area (Å²) in [5.41, 5.74) is 3.15.